The summed E-state index contributed by atoms with van der Waals surface area (Å²) in [4.78, 5) is 29.8. The Morgan fingerprint density at radius 3 is 2.61 bits per heavy atom. The van der Waals surface area contributed by atoms with Crippen molar-refractivity contribution in [2.24, 2.45) is 5.73 Å². The molecule has 0 fully saturated rings. The minimum Gasteiger partial charge on any atom is -0.365 e. The zero-order valence-electron chi connectivity index (χ0n) is 15.9. The maximum Gasteiger partial charge on any atom is 0.318 e. The highest BCUT2D eigenvalue weighted by atomic mass is 35.5. The second kappa shape index (κ2) is 7.17. The molecule has 0 radical (unpaired) electrons. The molecule has 0 aliphatic carbocycles. The minimum absolute atomic E-state index is 0.212. The van der Waals surface area contributed by atoms with Gasteiger partial charge in [-0.2, -0.15) is 5.10 Å². The number of primary amides is 1. The SMILES string of the molecule is [C-]#[N+]c1cc(Cl)cc(-c2nn3c(c2C(N)=O)CN(C(=O)NC(C)(C)C)CC3)c1. The third-order valence-electron chi connectivity index (χ3n) is 4.28. The summed E-state index contributed by atoms with van der Waals surface area (Å²) in [5.41, 5.74) is 7.34. The van der Waals surface area contributed by atoms with Crippen LogP contribution in [-0.4, -0.2) is 38.7 Å². The van der Waals surface area contributed by atoms with E-state index in [-0.39, 0.29) is 23.7 Å². The average molecular weight is 401 g/mol. The van der Waals surface area contributed by atoms with E-state index in [1.807, 2.05) is 20.8 Å². The Balaban J connectivity index is 2.03. The van der Waals surface area contributed by atoms with Crippen LogP contribution < -0.4 is 11.1 Å². The van der Waals surface area contributed by atoms with Gasteiger partial charge in [0, 0.05) is 17.1 Å². The van der Waals surface area contributed by atoms with E-state index in [0.29, 0.717) is 40.8 Å². The first kappa shape index (κ1) is 19.7. The quantitative estimate of drug-likeness (QED) is 0.757. The molecule has 1 aromatic heterocycles. The fourth-order valence-electron chi connectivity index (χ4n) is 3.13. The van der Waals surface area contributed by atoms with Gasteiger partial charge in [-0.3, -0.25) is 9.48 Å². The Hall–Kier alpha value is -3.05. The van der Waals surface area contributed by atoms with Crippen molar-refractivity contribution in [1.29, 1.82) is 0 Å². The molecule has 8 nitrogen and oxygen atoms in total. The monoisotopic (exact) mass is 400 g/mol. The summed E-state index contributed by atoms with van der Waals surface area (Å²) in [5, 5.41) is 7.81. The molecule has 0 saturated heterocycles. The van der Waals surface area contributed by atoms with Crippen molar-refractivity contribution in [1.82, 2.24) is 20.0 Å². The van der Waals surface area contributed by atoms with Crippen LogP contribution in [0.1, 0.15) is 36.8 Å². The molecule has 1 aliphatic heterocycles. The Morgan fingerprint density at radius 1 is 1.29 bits per heavy atom. The molecular formula is C19H21ClN6O2. The minimum atomic E-state index is -0.640. The molecule has 3 N–H and O–H groups in total. The van der Waals surface area contributed by atoms with Crippen molar-refractivity contribution in [3.05, 3.63) is 45.9 Å². The zero-order valence-corrected chi connectivity index (χ0v) is 16.7. The van der Waals surface area contributed by atoms with Crippen LogP contribution in [0.4, 0.5) is 10.5 Å². The van der Waals surface area contributed by atoms with Crippen LogP contribution in [-0.2, 0) is 13.1 Å². The Labute approximate surface area is 168 Å². The fraction of sp³-hybridized carbons (Fsp3) is 0.368. The second-order valence-electron chi connectivity index (χ2n) is 7.67. The summed E-state index contributed by atoms with van der Waals surface area (Å²) >= 11 is 6.11. The number of nitrogens with zero attached hydrogens (tertiary/aromatic N) is 4. The number of rotatable bonds is 2. The lowest BCUT2D eigenvalue weighted by atomic mass is 10.0. The average Bonchev–Trinajstić information content (AvgIpc) is 2.98. The van der Waals surface area contributed by atoms with Gasteiger partial charge in [0.05, 0.1) is 30.9 Å². The van der Waals surface area contributed by atoms with Crippen LogP contribution in [0.3, 0.4) is 0 Å². The number of hydrogen-bond acceptors (Lipinski definition) is 3. The highest BCUT2D eigenvalue weighted by Crippen LogP contribution is 2.32. The first-order valence-electron chi connectivity index (χ1n) is 8.74. The molecule has 2 heterocycles. The normalized spacial score (nSPS) is 13.6. The lowest BCUT2D eigenvalue weighted by molar-refractivity contribution is 0.0997. The van der Waals surface area contributed by atoms with Crippen molar-refractivity contribution in [2.75, 3.05) is 6.54 Å². The van der Waals surface area contributed by atoms with E-state index >= 15 is 0 Å². The summed E-state index contributed by atoms with van der Waals surface area (Å²) in [6.07, 6.45) is 0. The molecule has 0 bridgehead atoms. The largest absolute Gasteiger partial charge is 0.365 e. The lowest BCUT2D eigenvalue weighted by Gasteiger charge is -2.31. The van der Waals surface area contributed by atoms with Crippen molar-refractivity contribution < 1.29 is 9.59 Å². The molecular weight excluding hydrogens is 380 g/mol. The van der Waals surface area contributed by atoms with Crippen molar-refractivity contribution in [3.63, 3.8) is 0 Å². The van der Waals surface area contributed by atoms with Gasteiger partial charge < -0.3 is 16.0 Å². The number of hydrogen-bond donors (Lipinski definition) is 2. The maximum absolute atomic E-state index is 12.5. The molecule has 1 aliphatic rings. The number of amides is 3. The van der Waals surface area contributed by atoms with Gasteiger partial charge in [-0.15, -0.1) is 0 Å². The summed E-state index contributed by atoms with van der Waals surface area (Å²) in [5.74, 6) is -0.640. The van der Waals surface area contributed by atoms with Crippen molar-refractivity contribution in [3.8, 4) is 11.3 Å². The van der Waals surface area contributed by atoms with Crippen LogP contribution >= 0.6 is 11.6 Å². The number of carbonyl (C=O) groups excluding carboxylic acids is 2. The molecule has 0 unspecified atom stereocenters. The van der Waals surface area contributed by atoms with Gasteiger partial charge in [-0.05, 0) is 44.5 Å². The number of nitrogens with two attached hydrogens (primary N) is 1. The highest BCUT2D eigenvalue weighted by Gasteiger charge is 2.30. The van der Waals surface area contributed by atoms with E-state index in [1.54, 1.807) is 21.7 Å². The van der Waals surface area contributed by atoms with Crippen LogP contribution in [0.2, 0.25) is 5.02 Å². The van der Waals surface area contributed by atoms with E-state index in [1.165, 1.54) is 6.07 Å². The second-order valence-corrected chi connectivity index (χ2v) is 8.11. The van der Waals surface area contributed by atoms with Crippen LogP contribution in [0.25, 0.3) is 16.1 Å². The summed E-state index contributed by atoms with van der Waals surface area (Å²) in [7, 11) is 0. The number of aromatic nitrogens is 2. The number of urea groups is 1. The molecule has 0 saturated carbocycles. The van der Waals surface area contributed by atoms with E-state index in [0.717, 1.165) is 0 Å². The third kappa shape index (κ3) is 3.94. The van der Waals surface area contributed by atoms with Gasteiger partial charge in [-0.1, -0.05) is 11.6 Å². The summed E-state index contributed by atoms with van der Waals surface area (Å²) in [6, 6.07) is 4.58. The van der Waals surface area contributed by atoms with Gasteiger partial charge in [0.25, 0.3) is 5.91 Å². The van der Waals surface area contributed by atoms with Crippen LogP contribution in [0, 0.1) is 6.57 Å². The number of carbonyl (C=O) groups is 2. The molecule has 0 spiro atoms. The van der Waals surface area contributed by atoms with E-state index in [2.05, 4.69) is 15.3 Å². The molecule has 3 rings (SSSR count). The molecule has 9 heteroatoms. The number of halogens is 1. The predicted molar refractivity (Wildman–Crippen MR) is 106 cm³/mol. The molecule has 3 amide bonds. The lowest BCUT2D eigenvalue weighted by Crippen LogP contribution is -2.50. The standard InChI is InChI=1S/C19H21ClN6O2/c1-19(2,3)23-18(28)25-5-6-26-14(10-25)15(17(21)27)16(24-26)11-7-12(20)9-13(8-11)22-4/h7-9H,5-6,10H2,1-3H3,(H2,21,27)(H,23,28). The number of benzene rings is 1. The van der Waals surface area contributed by atoms with E-state index < -0.39 is 5.91 Å². The molecule has 2 aromatic rings. The molecule has 28 heavy (non-hydrogen) atoms. The Kier molecular flexibility index (Phi) is 5.04. The van der Waals surface area contributed by atoms with Gasteiger partial charge in [0.1, 0.15) is 5.69 Å². The Bertz CT molecular complexity index is 999. The van der Waals surface area contributed by atoms with Crippen LogP contribution in [0.15, 0.2) is 18.2 Å². The Morgan fingerprint density at radius 2 is 2.00 bits per heavy atom. The smallest absolute Gasteiger partial charge is 0.318 e. The molecule has 0 atom stereocenters. The van der Waals surface area contributed by atoms with Gasteiger partial charge in [0.2, 0.25) is 0 Å². The number of fused-ring (bicyclic) bond motifs is 1. The highest BCUT2D eigenvalue weighted by molar-refractivity contribution is 6.31. The molecule has 1 aromatic carbocycles. The number of nitrogens with one attached hydrogen (secondary N) is 1. The van der Waals surface area contributed by atoms with Gasteiger partial charge >= 0.3 is 6.03 Å². The van der Waals surface area contributed by atoms with E-state index in [9.17, 15) is 9.59 Å². The first-order chi connectivity index (χ1) is 13.1. The van der Waals surface area contributed by atoms with Gasteiger partial charge in [0.15, 0.2) is 5.69 Å². The van der Waals surface area contributed by atoms with Crippen LogP contribution in [0.5, 0.6) is 0 Å². The first-order valence-corrected chi connectivity index (χ1v) is 9.12. The van der Waals surface area contributed by atoms with Crippen molar-refractivity contribution >= 4 is 29.2 Å². The maximum atomic E-state index is 12.5. The van der Waals surface area contributed by atoms with Crippen molar-refractivity contribution in [2.45, 2.75) is 39.4 Å². The topological polar surface area (TPSA) is 97.6 Å². The van der Waals surface area contributed by atoms with E-state index in [4.69, 9.17) is 23.9 Å². The summed E-state index contributed by atoms with van der Waals surface area (Å²) < 4.78 is 1.69. The predicted octanol–water partition coefficient (Wildman–Crippen LogP) is 3.18. The third-order valence-corrected chi connectivity index (χ3v) is 4.50. The zero-order chi connectivity index (χ0) is 20.6. The fourth-order valence-corrected chi connectivity index (χ4v) is 3.36. The summed E-state index contributed by atoms with van der Waals surface area (Å²) in [6.45, 7) is 14.0. The molecule has 146 valence electrons. The van der Waals surface area contributed by atoms with Gasteiger partial charge in [-0.25, -0.2) is 9.64 Å².